The summed E-state index contributed by atoms with van der Waals surface area (Å²) < 4.78 is 21.8. The molecule has 259 valence electrons. The van der Waals surface area contributed by atoms with Gasteiger partial charge in [0.25, 0.3) is 0 Å². The highest BCUT2D eigenvalue weighted by Gasteiger charge is 2.51. The maximum absolute atomic E-state index is 10.7. The molecule has 4 rings (SSSR count). The molecule has 1 saturated heterocycles. The first-order valence-corrected chi connectivity index (χ1v) is 18.7. The van der Waals surface area contributed by atoms with Crippen LogP contribution in [0, 0.1) is 5.92 Å². The molecule has 3 aromatic rings. The van der Waals surface area contributed by atoms with Crippen LogP contribution in [0.2, 0.25) is 0 Å². The molecule has 0 saturated carbocycles. The molecule has 47 heavy (non-hydrogen) atoms. The lowest BCUT2D eigenvalue weighted by molar-refractivity contribution is -0.0893. The average molecular weight is 645 g/mol. The van der Waals surface area contributed by atoms with E-state index in [4.69, 9.17) is 14.0 Å². The standard InChI is InChI=1S/C40H64B2NO4/c1-11-13-15-17-18-20-22-30(21-19-16-14-12-2)29-43-35-27-31(41-45-38(5,6)37(3,4)44)23-25-33(35)34-26-24-32(28-36(34)43)42-46-39(7,8)40(9,10)47-42/h23-28,30,44H,11-22,29H2,1-10H3. The third-order valence-electron chi connectivity index (χ3n) is 11.3. The molecule has 1 aliphatic heterocycles. The summed E-state index contributed by atoms with van der Waals surface area (Å²) >= 11 is 0. The van der Waals surface area contributed by atoms with Gasteiger partial charge in [-0.1, -0.05) is 108 Å². The highest BCUT2D eigenvalue weighted by molar-refractivity contribution is 6.62. The summed E-state index contributed by atoms with van der Waals surface area (Å²) in [5.74, 6) is 0.621. The number of hydrogen-bond donors (Lipinski definition) is 1. The zero-order valence-electron chi connectivity index (χ0n) is 31.5. The Morgan fingerprint density at radius 2 is 1.28 bits per heavy atom. The molecule has 1 aliphatic rings. The average Bonchev–Trinajstić information content (AvgIpc) is 3.42. The van der Waals surface area contributed by atoms with E-state index in [2.05, 4.69) is 82.5 Å². The van der Waals surface area contributed by atoms with Crippen molar-refractivity contribution in [1.29, 1.82) is 0 Å². The number of aliphatic hydroxyl groups is 1. The molecule has 1 fully saturated rings. The summed E-state index contributed by atoms with van der Waals surface area (Å²) in [6.45, 7) is 21.5. The van der Waals surface area contributed by atoms with Crippen molar-refractivity contribution in [3.63, 3.8) is 0 Å². The van der Waals surface area contributed by atoms with Gasteiger partial charge in [0.2, 0.25) is 0 Å². The Balaban J connectivity index is 1.71. The van der Waals surface area contributed by atoms with Crippen LogP contribution in [0.1, 0.15) is 146 Å². The molecular formula is C40H64B2NO4. The van der Waals surface area contributed by atoms with Gasteiger partial charge in [-0.25, -0.2) is 0 Å². The number of rotatable bonds is 19. The molecule has 2 aromatic carbocycles. The van der Waals surface area contributed by atoms with Gasteiger partial charge >= 0.3 is 14.6 Å². The molecule has 7 heteroatoms. The van der Waals surface area contributed by atoms with Gasteiger partial charge < -0.3 is 23.6 Å². The van der Waals surface area contributed by atoms with Crippen molar-refractivity contribution in [2.24, 2.45) is 5.92 Å². The Morgan fingerprint density at radius 3 is 1.85 bits per heavy atom. The Hall–Kier alpha value is -1.79. The first-order valence-electron chi connectivity index (χ1n) is 18.7. The maximum Gasteiger partial charge on any atom is 0.494 e. The lowest BCUT2D eigenvalue weighted by Gasteiger charge is -2.37. The molecule has 0 bridgehead atoms. The van der Waals surface area contributed by atoms with Crippen LogP contribution in [0.5, 0.6) is 0 Å². The molecule has 1 N–H and O–H groups in total. The van der Waals surface area contributed by atoms with Crippen LogP contribution in [0.3, 0.4) is 0 Å². The van der Waals surface area contributed by atoms with Gasteiger partial charge in [0, 0.05) is 28.4 Å². The maximum atomic E-state index is 10.7. The van der Waals surface area contributed by atoms with E-state index in [9.17, 15) is 5.11 Å². The number of benzene rings is 2. The minimum atomic E-state index is -0.978. The molecule has 0 spiro atoms. The highest BCUT2D eigenvalue weighted by atomic mass is 16.7. The monoisotopic (exact) mass is 645 g/mol. The topological polar surface area (TPSA) is 52.9 Å². The Bertz CT molecular complexity index is 1420. The van der Waals surface area contributed by atoms with Crippen LogP contribution < -0.4 is 10.9 Å². The molecule has 5 nitrogen and oxygen atoms in total. The van der Waals surface area contributed by atoms with Crippen LogP contribution in [0.15, 0.2) is 36.4 Å². The largest absolute Gasteiger partial charge is 0.494 e. The van der Waals surface area contributed by atoms with E-state index in [1.807, 2.05) is 21.3 Å². The van der Waals surface area contributed by atoms with Crippen LogP contribution in [-0.2, 0) is 20.5 Å². The number of nitrogens with zero attached hydrogens (tertiary/aromatic N) is 1. The second-order valence-corrected chi connectivity index (χ2v) is 16.3. The zero-order valence-corrected chi connectivity index (χ0v) is 31.5. The Labute approximate surface area is 287 Å². The van der Waals surface area contributed by atoms with Crippen LogP contribution in [-0.4, -0.2) is 46.7 Å². The number of aromatic nitrogens is 1. The van der Waals surface area contributed by atoms with Crippen molar-refractivity contribution >= 4 is 47.3 Å². The van der Waals surface area contributed by atoms with Crippen molar-refractivity contribution in [2.45, 2.75) is 175 Å². The van der Waals surface area contributed by atoms with Crippen molar-refractivity contribution < 1.29 is 19.1 Å². The van der Waals surface area contributed by atoms with E-state index in [0.717, 1.165) is 17.5 Å². The van der Waals surface area contributed by atoms with Crippen LogP contribution in [0.4, 0.5) is 0 Å². The lowest BCUT2D eigenvalue weighted by atomic mass is 9.78. The molecule has 1 radical (unpaired) electrons. The van der Waals surface area contributed by atoms with E-state index in [1.165, 1.54) is 98.9 Å². The van der Waals surface area contributed by atoms with Crippen molar-refractivity contribution in [1.82, 2.24) is 4.57 Å². The molecule has 1 atom stereocenters. The summed E-state index contributed by atoms with van der Waals surface area (Å²) in [7, 11) is 1.42. The molecule has 1 unspecified atom stereocenters. The lowest BCUT2D eigenvalue weighted by Crippen LogP contribution is -2.49. The number of unbranched alkanes of at least 4 members (excludes halogenated alkanes) is 8. The van der Waals surface area contributed by atoms with Crippen molar-refractivity contribution in [2.75, 3.05) is 0 Å². The number of hydrogen-bond acceptors (Lipinski definition) is 4. The molecule has 2 heterocycles. The summed E-state index contributed by atoms with van der Waals surface area (Å²) in [4.78, 5) is 0. The van der Waals surface area contributed by atoms with E-state index in [0.29, 0.717) is 5.92 Å². The minimum Gasteiger partial charge on any atom is -0.427 e. The predicted molar refractivity (Wildman–Crippen MR) is 202 cm³/mol. The third-order valence-corrected chi connectivity index (χ3v) is 11.3. The smallest absolute Gasteiger partial charge is 0.427 e. The predicted octanol–water partition coefficient (Wildman–Crippen LogP) is 9.24. The fraction of sp³-hybridized carbons (Fsp3) is 0.700. The normalized spacial score (nSPS) is 17.2. The molecule has 0 amide bonds. The summed E-state index contributed by atoms with van der Waals surface area (Å²) in [5.41, 5.74) is 2.05. The highest BCUT2D eigenvalue weighted by Crippen LogP contribution is 2.37. The van der Waals surface area contributed by atoms with Crippen molar-refractivity contribution in [3.05, 3.63) is 36.4 Å². The number of fused-ring (bicyclic) bond motifs is 3. The minimum absolute atomic E-state index is 0.387. The molecule has 1 aromatic heterocycles. The second-order valence-electron chi connectivity index (χ2n) is 16.3. The fourth-order valence-electron chi connectivity index (χ4n) is 6.54. The van der Waals surface area contributed by atoms with Gasteiger partial charge in [0.15, 0.2) is 0 Å². The van der Waals surface area contributed by atoms with E-state index in [-0.39, 0.29) is 11.2 Å². The van der Waals surface area contributed by atoms with E-state index >= 15 is 0 Å². The molecule has 0 aliphatic carbocycles. The van der Waals surface area contributed by atoms with E-state index in [1.54, 1.807) is 13.8 Å². The van der Waals surface area contributed by atoms with Gasteiger partial charge in [-0.15, -0.1) is 0 Å². The second kappa shape index (κ2) is 15.8. The van der Waals surface area contributed by atoms with Gasteiger partial charge in [-0.3, -0.25) is 0 Å². The zero-order chi connectivity index (χ0) is 34.5. The fourth-order valence-corrected chi connectivity index (χ4v) is 6.54. The Kier molecular flexibility index (Phi) is 12.8. The van der Waals surface area contributed by atoms with Crippen LogP contribution in [0.25, 0.3) is 21.8 Å². The molecular weight excluding hydrogens is 580 g/mol. The van der Waals surface area contributed by atoms with Crippen LogP contribution >= 0.6 is 0 Å². The van der Waals surface area contributed by atoms with Crippen molar-refractivity contribution in [3.8, 4) is 0 Å². The summed E-state index contributed by atoms with van der Waals surface area (Å²) in [6.07, 6.45) is 15.7. The van der Waals surface area contributed by atoms with Gasteiger partial charge in [0.05, 0.1) is 22.4 Å². The SMILES string of the molecule is CCCCCCCCC(CCCCCC)Cn1c2cc([B]OC(C)(C)C(C)(C)O)ccc2c2ccc(B3OC(C)(C)C(C)(C)O3)cc21. The van der Waals surface area contributed by atoms with Gasteiger partial charge in [-0.2, -0.15) is 0 Å². The summed E-state index contributed by atoms with van der Waals surface area (Å²) in [5, 5.41) is 13.2. The van der Waals surface area contributed by atoms with E-state index < -0.39 is 18.3 Å². The summed E-state index contributed by atoms with van der Waals surface area (Å²) in [6, 6.07) is 13.4. The third kappa shape index (κ3) is 9.26. The first kappa shape index (κ1) is 38.0. The van der Waals surface area contributed by atoms with Gasteiger partial charge in [-0.05, 0) is 91.7 Å². The first-order chi connectivity index (χ1) is 22.1. The van der Waals surface area contributed by atoms with Gasteiger partial charge in [0.1, 0.15) is 0 Å². The Morgan fingerprint density at radius 1 is 0.766 bits per heavy atom. The quantitative estimate of drug-likeness (QED) is 0.104.